The molecule has 0 N–H and O–H groups in total. The van der Waals surface area contributed by atoms with Crippen LogP contribution in [0.4, 0.5) is 0 Å². The van der Waals surface area contributed by atoms with E-state index >= 15 is 0 Å². The second-order valence-electron chi connectivity index (χ2n) is 4.31. The molecule has 90 valence electrons. The first-order chi connectivity index (χ1) is 7.56. The number of aromatic nitrogens is 2. The lowest BCUT2D eigenvalue weighted by molar-refractivity contribution is -0.131. The summed E-state index contributed by atoms with van der Waals surface area (Å²) in [4.78, 5) is 11.9. The fourth-order valence-electron chi connectivity index (χ4n) is 1.82. The predicted molar refractivity (Wildman–Crippen MR) is 62.2 cm³/mol. The smallest absolute Gasteiger partial charge is 0.162 e. The van der Waals surface area contributed by atoms with Crippen molar-refractivity contribution in [3.63, 3.8) is 0 Å². The van der Waals surface area contributed by atoms with E-state index in [9.17, 15) is 4.79 Å². The number of hydrogen-bond donors (Lipinski definition) is 0. The van der Waals surface area contributed by atoms with Crippen LogP contribution in [0.5, 0.6) is 0 Å². The molecule has 0 amide bonds. The largest absolute Gasteiger partial charge is 0.373 e. The van der Waals surface area contributed by atoms with Crippen LogP contribution in [-0.4, -0.2) is 28.8 Å². The van der Waals surface area contributed by atoms with Crippen LogP contribution in [0, 0.1) is 5.92 Å². The number of nitrogens with zero attached hydrogens (tertiary/aromatic N) is 2. The van der Waals surface area contributed by atoms with Crippen LogP contribution in [0.15, 0.2) is 12.3 Å². The molecule has 0 saturated heterocycles. The molecule has 16 heavy (non-hydrogen) atoms. The summed E-state index contributed by atoms with van der Waals surface area (Å²) in [5, 5.41) is 4.07. The fourth-order valence-corrected chi connectivity index (χ4v) is 1.82. The number of methoxy groups -OCH3 is 1. The highest BCUT2D eigenvalue weighted by Gasteiger charge is 2.21. The molecule has 0 fully saturated rings. The highest BCUT2D eigenvalue weighted by Crippen LogP contribution is 2.11. The lowest BCUT2D eigenvalue weighted by atomic mass is 9.99. The monoisotopic (exact) mass is 224 g/mol. The second-order valence-corrected chi connectivity index (χ2v) is 4.31. The molecule has 0 bridgehead atoms. The third-order valence-corrected chi connectivity index (χ3v) is 2.73. The van der Waals surface area contributed by atoms with Gasteiger partial charge in [-0.05, 0) is 18.4 Å². The Morgan fingerprint density at radius 1 is 1.56 bits per heavy atom. The highest BCUT2D eigenvalue weighted by molar-refractivity contribution is 5.83. The van der Waals surface area contributed by atoms with Crippen molar-refractivity contribution in [2.45, 2.75) is 32.8 Å². The number of aryl methyl sites for hydroxylation is 2. The van der Waals surface area contributed by atoms with E-state index in [0.717, 1.165) is 12.1 Å². The molecule has 1 aromatic heterocycles. The summed E-state index contributed by atoms with van der Waals surface area (Å²) < 4.78 is 7.00. The summed E-state index contributed by atoms with van der Waals surface area (Å²) in [6, 6.07) is 1.93. The second kappa shape index (κ2) is 5.80. The van der Waals surface area contributed by atoms with Crippen molar-refractivity contribution in [1.82, 2.24) is 9.78 Å². The third-order valence-electron chi connectivity index (χ3n) is 2.73. The Balaban J connectivity index is 2.49. The number of carbonyl (C=O) groups is 1. The average molecular weight is 224 g/mol. The maximum absolute atomic E-state index is 11.9. The molecule has 0 aliphatic heterocycles. The Morgan fingerprint density at radius 2 is 2.25 bits per heavy atom. The van der Waals surface area contributed by atoms with Crippen molar-refractivity contribution in [2.24, 2.45) is 13.0 Å². The maximum Gasteiger partial charge on any atom is 0.162 e. The predicted octanol–water partition coefficient (Wildman–Crippen LogP) is 1.59. The Labute approximate surface area is 96.6 Å². The van der Waals surface area contributed by atoms with Crippen molar-refractivity contribution in [2.75, 3.05) is 7.11 Å². The molecular weight excluding hydrogens is 204 g/mol. The van der Waals surface area contributed by atoms with Gasteiger partial charge in [-0.15, -0.1) is 0 Å². The van der Waals surface area contributed by atoms with E-state index in [1.54, 1.807) is 18.0 Å². The number of rotatable bonds is 6. The van der Waals surface area contributed by atoms with Gasteiger partial charge in [0.15, 0.2) is 5.78 Å². The lowest BCUT2D eigenvalue weighted by Crippen LogP contribution is -2.28. The number of ketones is 1. The van der Waals surface area contributed by atoms with Gasteiger partial charge in [0.2, 0.25) is 0 Å². The van der Waals surface area contributed by atoms with Crippen molar-refractivity contribution in [3.8, 4) is 0 Å². The van der Waals surface area contributed by atoms with E-state index in [1.807, 2.05) is 27.0 Å². The van der Waals surface area contributed by atoms with Crippen LogP contribution < -0.4 is 0 Å². The third kappa shape index (κ3) is 3.17. The number of Topliss-reactive ketones (excluding diaryl/α,β-unsaturated/α-hetero) is 1. The van der Waals surface area contributed by atoms with Gasteiger partial charge in [0, 0.05) is 32.5 Å². The number of carbonyl (C=O) groups excluding carboxylic acids is 1. The van der Waals surface area contributed by atoms with Gasteiger partial charge in [-0.1, -0.05) is 13.8 Å². The van der Waals surface area contributed by atoms with Crippen LogP contribution in [0.25, 0.3) is 0 Å². The summed E-state index contributed by atoms with van der Waals surface area (Å²) in [6.07, 6.45) is 2.70. The highest BCUT2D eigenvalue weighted by atomic mass is 16.5. The molecule has 0 spiro atoms. The molecule has 1 heterocycles. The van der Waals surface area contributed by atoms with Crippen LogP contribution in [0.3, 0.4) is 0 Å². The van der Waals surface area contributed by atoms with Crippen LogP contribution in [0.1, 0.15) is 26.0 Å². The zero-order valence-electron chi connectivity index (χ0n) is 10.4. The van der Waals surface area contributed by atoms with Gasteiger partial charge < -0.3 is 4.74 Å². The lowest BCUT2D eigenvalue weighted by Gasteiger charge is -2.17. The zero-order valence-corrected chi connectivity index (χ0v) is 10.4. The summed E-state index contributed by atoms with van der Waals surface area (Å²) in [5.74, 6) is 0.391. The van der Waals surface area contributed by atoms with Gasteiger partial charge in [0.05, 0.1) is 0 Å². The molecule has 4 heteroatoms. The van der Waals surface area contributed by atoms with Gasteiger partial charge >= 0.3 is 0 Å². The van der Waals surface area contributed by atoms with Crippen LogP contribution in [-0.2, 0) is 23.0 Å². The van der Waals surface area contributed by atoms with Gasteiger partial charge in [-0.3, -0.25) is 9.48 Å². The minimum Gasteiger partial charge on any atom is -0.373 e. The quantitative estimate of drug-likeness (QED) is 0.737. The molecule has 0 radical (unpaired) electrons. The molecular formula is C12H20N2O2. The van der Waals surface area contributed by atoms with E-state index in [2.05, 4.69) is 5.10 Å². The van der Waals surface area contributed by atoms with Crippen molar-refractivity contribution in [3.05, 3.63) is 18.0 Å². The molecule has 1 unspecified atom stereocenters. The van der Waals surface area contributed by atoms with Crippen LogP contribution >= 0.6 is 0 Å². The van der Waals surface area contributed by atoms with Crippen molar-refractivity contribution in [1.29, 1.82) is 0 Å². The van der Waals surface area contributed by atoms with E-state index < -0.39 is 0 Å². The molecule has 1 rings (SSSR count). The van der Waals surface area contributed by atoms with E-state index in [-0.39, 0.29) is 17.8 Å². The van der Waals surface area contributed by atoms with Crippen LogP contribution in [0.2, 0.25) is 0 Å². The van der Waals surface area contributed by atoms with Crippen molar-refractivity contribution >= 4 is 5.78 Å². The first-order valence-electron chi connectivity index (χ1n) is 5.58. The van der Waals surface area contributed by atoms with E-state index in [4.69, 9.17) is 4.74 Å². The van der Waals surface area contributed by atoms with E-state index in [0.29, 0.717) is 6.42 Å². The number of hydrogen-bond acceptors (Lipinski definition) is 3. The molecule has 1 atom stereocenters. The van der Waals surface area contributed by atoms with Gasteiger partial charge in [0.25, 0.3) is 0 Å². The Kier molecular flexibility index (Phi) is 4.68. The Morgan fingerprint density at radius 3 is 2.69 bits per heavy atom. The summed E-state index contributed by atoms with van der Waals surface area (Å²) in [7, 11) is 3.47. The molecule has 1 aromatic rings. The average Bonchev–Trinajstić information content (AvgIpc) is 2.61. The first-order valence-corrected chi connectivity index (χ1v) is 5.58. The summed E-state index contributed by atoms with van der Waals surface area (Å²) in [6.45, 7) is 3.99. The Bertz CT molecular complexity index is 345. The van der Waals surface area contributed by atoms with E-state index in [1.165, 1.54) is 0 Å². The fraction of sp³-hybridized carbons (Fsp3) is 0.667. The molecule has 0 aliphatic carbocycles. The zero-order chi connectivity index (χ0) is 12.1. The minimum atomic E-state index is -0.284. The standard InChI is InChI=1S/C12H20N2O2/c1-9(2)12(16-4)11(15)6-5-10-7-8-13-14(10)3/h7-9,12H,5-6H2,1-4H3. The maximum atomic E-state index is 11.9. The van der Waals surface area contributed by atoms with Gasteiger partial charge in [0.1, 0.15) is 6.10 Å². The van der Waals surface area contributed by atoms with Gasteiger partial charge in [-0.25, -0.2) is 0 Å². The molecule has 0 aliphatic rings. The Hall–Kier alpha value is -1.16. The summed E-state index contributed by atoms with van der Waals surface area (Å²) in [5.41, 5.74) is 1.08. The number of ether oxygens (including phenoxy) is 1. The first kappa shape index (κ1) is 12.9. The molecule has 4 nitrogen and oxygen atoms in total. The SMILES string of the molecule is COC(C(=O)CCc1ccnn1C)C(C)C. The van der Waals surface area contributed by atoms with Crippen molar-refractivity contribution < 1.29 is 9.53 Å². The normalized spacial score (nSPS) is 13.1. The van der Waals surface area contributed by atoms with Gasteiger partial charge in [-0.2, -0.15) is 5.10 Å². The molecule has 0 saturated carbocycles. The summed E-state index contributed by atoms with van der Waals surface area (Å²) >= 11 is 0. The molecule has 0 aromatic carbocycles. The topological polar surface area (TPSA) is 44.1 Å². The minimum absolute atomic E-state index is 0.165.